The van der Waals surface area contributed by atoms with Crippen molar-refractivity contribution in [2.24, 2.45) is 5.73 Å². The molecule has 134 valence electrons. The van der Waals surface area contributed by atoms with E-state index in [1.54, 1.807) is 4.90 Å². The van der Waals surface area contributed by atoms with Gasteiger partial charge in [0.25, 0.3) is 0 Å². The first-order chi connectivity index (χ1) is 11.3. The first-order valence-electron chi connectivity index (χ1n) is 8.09. The van der Waals surface area contributed by atoms with Crippen LogP contribution in [0.5, 0.6) is 0 Å². The van der Waals surface area contributed by atoms with E-state index in [0.717, 1.165) is 12.5 Å². The number of nitrogens with zero attached hydrogens (tertiary/aromatic N) is 1. The highest BCUT2D eigenvalue weighted by Crippen LogP contribution is 2.16. The molecule has 1 aliphatic heterocycles. The molecule has 6 nitrogen and oxygen atoms in total. The van der Waals surface area contributed by atoms with Gasteiger partial charge in [-0.3, -0.25) is 4.79 Å². The van der Waals surface area contributed by atoms with Crippen LogP contribution in [0.3, 0.4) is 0 Å². The lowest BCUT2D eigenvalue weighted by Crippen LogP contribution is -2.49. The second kappa shape index (κ2) is 8.04. The average Bonchev–Trinajstić information content (AvgIpc) is 2.52. The van der Waals surface area contributed by atoms with Crippen LogP contribution in [-0.2, 0) is 14.8 Å². The Morgan fingerprint density at radius 2 is 2.25 bits per heavy atom. The molecule has 1 aromatic rings. The summed E-state index contributed by atoms with van der Waals surface area (Å²) in [5.74, 6) is -0.615. The van der Waals surface area contributed by atoms with Gasteiger partial charge in [-0.2, -0.15) is 0 Å². The molecule has 2 rings (SSSR count). The van der Waals surface area contributed by atoms with Gasteiger partial charge in [0.1, 0.15) is 5.82 Å². The Bertz CT molecular complexity index is 679. The number of likely N-dealkylation sites (tertiary alicyclic amines) is 1. The number of nitrogens with one attached hydrogen (secondary N) is 1. The van der Waals surface area contributed by atoms with Crippen LogP contribution < -0.4 is 10.5 Å². The molecule has 0 saturated carbocycles. The summed E-state index contributed by atoms with van der Waals surface area (Å²) in [5, 5.41) is 0. The molecule has 0 spiro atoms. The summed E-state index contributed by atoms with van der Waals surface area (Å²) in [6.07, 6.45) is 2.34. The quantitative estimate of drug-likeness (QED) is 0.801. The van der Waals surface area contributed by atoms with E-state index in [-0.39, 0.29) is 22.9 Å². The summed E-state index contributed by atoms with van der Waals surface area (Å²) in [5.41, 5.74) is 5.66. The fourth-order valence-electron chi connectivity index (χ4n) is 2.73. The van der Waals surface area contributed by atoms with E-state index in [1.165, 1.54) is 18.2 Å². The molecule has 1 amide bonds. The van der Waals surface area contributed by atoms with Gasteiger partial charge < -0.3 is 10.6 Å². The first kappa shape index (κ1) is 18.8. The van der Waals surface area contributed by atoms with Gasteiger partial charge in [0.2, 0.25) is 15.9 Å². The predicted molar refractivity (Wildman–Crippen MR) is 89.2 cm³/mol. The van der Waals surface area contributed by atoms with Gasteiger partial charge in [0.15, 0.2) is 0 Å². The van der Waals surface area contributed by atoms with Gasteiger partial charge >= 0.3 is 0 Å². The molecule has 2 atom stereocenters. The molecule has 1 heterocycles. The van der Waals surface area contributed by atoms with Crippen LogP contribution in [0.15, 0.2) is 29.2 Å². The minimum absolute atomic E-state index is 0.0121. The number of rotatable bonds is 6. The molecule has 8 heteroatoms. The molecule has 24 heavy (non-hydrogen) atoms. The lowest BCUT2D eigenvalue weighted by molar-refractivity contribution is -0.132. The molecule has 0 aliphatic carbocycles. The highest BCUT2D eigenvalue weighted by atomic mass is 32.2. The Balaban J connectivity index is 1.98. The van der Waals surface area contributed by atoms with Gasteiger partial charge in [-0.15, -0.1) is 0 Å². The van der Waals surface area contributed by atoms with Crippen LogP contribution >= 0.6 is 0 Å². The van der Waals surface area contributed by atoms with Gasteiger partial charge in [0.05, 0.1) is 4.90 Å². The average molecular weight is 357 g/mol. The van der Waals surface area contributed by atoms with E-state index in [9.17, 15) is 17.6 Å². The van der Waals surface area contributed by atoms with Crippen LogP contribution in [0.25, 0.3) is 0 Å². The summed E-state index contributed by atoms with van der Waals surface area (Å²) in [7, 11) is -3.81. The number of amides is 1. The number of carbonyl (C=O) groups is 1. The van der Waals surface area contributed by atoms with Gasteiger partial charge in [0, 0.05) is 31.6 Å². The maximum atomic E-state index is 13.2. The van der Waals surface area contributed by atoms with E-state index in [2.05, 4.69) is 4.72 Å². The Hall–Kier alpha value is -1.51. The SMILES string of the molecule is CC(N)CCC(=O)N1CCCC(NS(=O)(=O)c2cccc(F)c2)C1. The number of hydrogen-bond acceptors (Lipinski definition) is 4. The number of piperidine rings is 1. The molecule has 0 radical (unpaired) electrons. The third-order valence-corrected chi connectivity index (χ3v) is 5.53. The topological polar surface area (TPSA) is 92.5 Å². The summed E-state index contributed by atoms with van der Waals surface area (Å²) in [4.78, 5) is 13.7. The van der Waals surface area contributed by atoms with Crippen molar-refractivity contribution in [2.45, 2.75) is 49.6 Å². The van der Waals surface area contributed by atoms with Crippen molar-refractivity contribution >= 4 is 15.9 Å². The van der Waals surface area contributed by atoms with Crippen LogP contribution in [0.2, 0.25) is 0 Å². The molecule has 1 aromatic carbocycles. The van der Waals surface area contributed by atoms with Gasteiger partial charge in [-0.25, -0.2) is 17.5 Å². The zero-order valence-electron chi connectivity index (χ0n) is 13.7. The smallest absolute Gasteiger partial charge is 0.240 e. The number of hydrogen-bond donors (Lipinski definition) is 2. The van der Waals surface area contributed by atoms with E-state index in [4.69, 9.17) is 5.73 Å². The molecule has 3 N–H and O–H groups in total. The number of carbonyl (C=O) groups excluding carboxylic acids is 1. The lowest BCUT2D eigenvalue weighted by atomic mass is 10.1. The maximum absolute atomic E-state index is 13.2. The van der Waals surface area contributed by atoms with Crippen molar-refractivity contribution in [2.75, 3.05) is 13.1 Å². The standard InChI is InChI=1S/C16H24FN3O3S/c1-12(18)7-8-16(21)20-9-3-5-14(11-20)19-24(22,23)15-6-2-4-13(17)10-15/h2,4,6,10,12,14,19H,3,5,7-9,11,18H2,1H3. The molecule has 1 aliphatic rings. The Labute approximate surface area is 142 Å². The van der Waals surface area contributed by atoms with Crippen LogP contribution in [-0.4, -0.2) is 44.4 Å². The van der Waals surface area contributed by atoms with Crippen molar-refractivity contribution in [3.63, 3.8) is 0 Å². The highest BCUT2D eigenvalue weighted by molar-refractivity contribution is 7.89. The van der Waals surface area contributed by atoms with Crippen molar-refractivity contribution in [3.05, 3.63) is 30.1 Å². The van der Waals surface area contributed by atoms with Crippen LogP contribution in [0, 0.1) is 5.82 Å². The fraction of sp³-hybridized carbons (Fsp3) is 0.562. The van der Waals surface area contributed by atoms with E-state index >= 15 is 0 Å². The van der Waals surface area contributed by atoms with Crippen molar-refractivity contribution in [1.29, 1.82) is 0 Å². The van der Waals surface area contributed by atoms with E-state index in [0.29, 0.717) is 32.4 Å². The zero-order valence-corrected chi connectivity index (χ0v) is 14.6. The molecule has 1 saturated heterocycles. The molecule has 1 fully saturated rings. The van der Waals surface area contributed by atoms with Crippen LogP contribution in [0.1, 0.15) is 32.6 Å². The number of halogens is 1. The second-order valence-electron chi connectivity index (χ2n) is 6.27. The van der Waals surface area contributed by atoms with Gasteiger partial charge in [-0.1, -0.05) is 6.07 Å². The maximum Gasteiger partial charge on any atom is 0.240 e. The fourth-order valence-corrected chi connectivity index (χ4v) is 4.02. The number of benzene rings is 1. The Kier molecular flexibility index (Phi) is 6.31. The van der Waals surface area contributed by atoms with Crippen molar-refractivity contribution < 1.29 is 17.6 Å². The van der Waals surface area contributed by atoms with Crippen LogP contribution in [0.4, 0.5) is 4.39 Å². The third-order valence-electron chi connectivity index (χ3n) is 4.02. The molecule has 2 unspecified atom stereocenters. The minimum atomic E-state index is -3.81. The van der Waals surface area contributed by atoms with E-state index < -0.39 is 15.8 Å². The monoisotopic (exact) mass is 357 g/mol. The first-order valence-corrected chi connectivity index (χ1v) is 9.57. The summed E-state index contributed by atoms with van der Waals surface area (Å²) < 4.78 is 40.5. The summed E-state index contributed by atoms with van der Waals surface area (Å²) in [6.45, 7) is 2.79. The largest absolute Gasteiger partial charge is 0.341 e. The lowest BCUT2D eigenvalue weighted by Gasteiger charge is -2.33. The predicted octanol–water partition coefficient (Wildman–Crippen LogP) is 1.22. The third kappa shape index (κ3) is 5.25. The normalized spacial score (nSPS) is 20.0. The Morgan fingerprint density at radius 3 is 2.92 bits per heavy atom. The van der Waals surface area contributed by atoms with E-state index in [1.807, 2.05) is 6.92 Å². The number of sulfonamides is 1. The minimum Gasteiger partial charge on any atom is -0.341 e. The Morgan fingerprint density at radius 1 is 1.50 bits per heavy atom. The van der Waals surface area contributed by atoms with Gasteiger partial charge in [-0.05, 0) is 44.4 Å². The highest BCUT2D eigenvalue weighted by Gasteiger charge is 2.27. The van der Waals surface area contributed by atoms with Crippen molar-refractivity contribution in [3.8, 4) is 0 Å². The molecular weight excluding hydrogens is 333 g/mol. The second-order valence-corrected chi connectivity index (χ2v) is 7.99. The molecule has 0 bridgehead atoms. The molecular formula is C16H24FN3O3S. The zero-order chi connectivity index (χ0) is 17.7. The summed E-state index contributed by atoms with van der Waals surface area (Å²) in [6, 6.07) is 4.47. The summed E-state index contributed by atoms with van der Waals surface area (Å²) >= 11 is 0. The van der Waals surface area contributed by atoms with Crippen molar-refractivity contribution in [1.82, 2.24) is 9.62 Å². The molecule has 0 aromatic heterocycles. The number of nitrogens with two attached hydrogens (primary N) is 1.